The van der Waals surface area contributed by atoms with Gasteiger partial charge in [0, 0.05) is 11.9 Å². The zero-order valence-electron chi connectivity index (χ0n) is 18.4. The van der Waals surface area contributed by atoms with E-state index in [1.54, 1.807) is 11.9 Å². The third-order valence-corrected chi connectivity index (χ3v) is 6.98. The molecular weight excluding hydrogens is 438 g/mol. The Morgan fingerprint density at radius 2 is 1.88 bits per heavy atom. The molecule has 0 bridgehead atoms. The predicted octanol–water partition coefficient (Wildman–Crippen LogP) is 3.73. The number of para-hydroxylation sites is 2. The lowest BCUT2D eigenvalue weighted by Crippen LogP contribution is -2.43. The summed E-state index contributed by atoms with van der Waals surface area (Å²) in [6.07, 6.45) is 1.18. The molecule has 168 valence electrons. The first-order chi connectivity index (χ1) is 16.0. The highest BCUT2D eigenvalue weighted by molar-refractivity contribution is 7.22. The molecule has 0 radical (unpaired) electrons. The maximum atomic E-state index is 13.2. The molecule has 0 saturated heterocycles. The molecule has 0 saturated carbocycles. The van der Waals surface area contributed by atoms with E-state index in [1.807, 2.05) is 61.5 Å². The largest absolute Gasteiger partial charge is 0.486 e. The van der Waals surface area contributed by atoms with Crippen LogP contribution in [0.2, 0.25) is 0 Å². The number of likely N-dealkylation sites (N-methyl/N-ethyl adjacent to an activating group) is 1. The Morgan fingerprint density at radius 3 is 2.67 bits per heavy atom. The molecule has 2 aromatic carbocycles. The number of carbonyl (C=O) groups is 1. The highest BCUT2D eigenvalue weighted by Crippen LogP contribution is 2.35. The van der Waals surface area contributed by atoms with Crippen LogP contribution in [-0.2, 0) is 11.3 Å². The van der Waals surface area contributed by atoms with E-state index >= 15 is 0 Å². The van der Waals surface area contributed by atoms with Crippen LogP contribution in [0.3, 0.4) is 0 Å². The summed E-state index contributed by atoms with van der Waals surface area (Å²) in [5, 5.41) is 0.567. The van der Waals surface area contributed by atoms with Gasteiger partial charge in [-0.2, -0.15) is 0 Å². The standard InChI is InChI=1S/C25H23N3O4S/c1-16-22-24(33-23(16)17-8-4-3-5-9-17)26-15-28(25(22)30)13-21(29)27(2)12-18-14-31-19-10-6-7-11-20(19)32-18/h3-11,15,18H,12-14H2,1-2H3/t18-/m0/s1. The first kappa shape index (κ1) is 21.2. The molecule has 7 nitrogen and oxygen atoms in total. The molecule has 1 amide bonds. The summed E-state index contributed by atoms with van der Waals surface area (Å²) < 4.78 is 13.1. The quantitative estimate of drug-likeness (QED) is 0.453. The topological polar surface area (TPSA) is 73.7 Å². The van der Waals surface area contributed by atoms with Crippen LogP contribution in [0.4, 0.5) is 0 Å². The predicted molar refractivity (Wildman–Crippen MR) is 128 cm³/mol. The molecule has 1 atom stereocenters. The van der Waals surface area contributed by atoms with Gasteiger partial charge in [-0.05, 0) is 30.2 Å². The third-order valence-electron chi connectivity index (χ3n) is 5.73. The average molecular weight is 462 g/mol. The zero-order chi connectivity index (χ0) is 22.9. The molecular formula is C25H23N3O4S. The lowest BCUT2D eigenvalue weighted by Gasteiger charge is -2.29. The number of aromatic nitrogens is 2. The average Bonchev–Trinajstić information content (AvgIpc) is 3.18. The third kappa shape index (κ3) is 4.09. The fraction of sp³-hybridized carbons (Fsp3) is 0.240. The second-order valence-electron chi connectivity index (χ2n) is 8.05. The molecule has 1 aliphatic heterocycles. The SMILES string of the molecule is Cc1c(-c2ccccc2)sc2ncn(CC(=O)N(C)C[C@H]3COc4ccccc4O3)c(=O)c12. The van der Waals surface area contributed by atoms with Crippen molar-refractivity contribution < 1.29 is 14.3 Å². The molecule has 0 spiro atoms. The van der Waals surface area contributed by atoms with Gasteiger partial charge >= 0.3 is 0 Å². The van der Waals surface area contributed by atoms with Crippen LogP contribution in [0.15, 0.2) is 65.7 Å². The molecule has 0 N–H and O–H groups in total. The first-order valence-corrected chi connectivity index (χ1v) is 11.5. The van der Waals surface area contributed by atoms with Gasteiger partial charge in [0.15, 0.2) is 17.6 Å². The van der Waals surface area contributed by atoms with E-state index in [0.717, 1.165) is 16.0 Å². The zero-order valence-corrected chi connectivity index (χ0v) is 19.2. The van der Waals surface area contributed by atoms with E-state index in [1.165, 1.54) is 22.2 Å². The Hall–Kier alpha value is -3.65. The summed E-state index contributed by atoms with van der Waals surface area (Å²) in [7, 11) is 1.70. The van der Waals surface area contributed by atoms with Crippen molar-refractivity contribution >= 4 is 27.5 Å². The second-order valence-corrected chi connectivity index (χ2v) is 9.05. The van der Waals surface area contributed by atoms with Gasteiger partial charge in [-0.1, -0.05) is 42.5 Å². The highest BCUT2D eigenvalue weighted by atomic mass is 32.1. The first-order valence-electron chi connectivity index (χ1n) is 10.7. The van der Waals surface area contributed by atoms with Gasteiger partial charge in [-0.25, -0.2) is 4.98 Å². The summed E-state index contributed by atoms with van der Waals surface area (Å²) in [6, 6.07) is 17.4. The molecule has 0 fully saturated rings. The molecule has 2 aromatic heterocycles. The monoisotopic (exact) mass is 461 g/mol. The number of amides is 1. The van der Waals surface area contributed by atoms with Gasteiger partial charge in [-0.3, -0.25) is 14.2 Å². The highest BCUT2D eigenvalue weighted by Gasteiger charge is 2.24. The van der Waals surface area contributed by atoms with Crippen molar-refractivity contribution in [2.24, 2.45) is 0 Å². The summed E-state index contributed by atoms with van der Waals surface area (Å²) in [6.45, 7) is 2.56. The number of hydrogen-bond donors (Lipinski definition) is 0. The molecule has 0 aliphatic carbocycles. The minimum absolute atomic E-state index is 0.0849. The Morgan fingerprint density at radius 1 is 1.15 bits per heavy atom. The number of aryl methyl sites for hydroxylation is 1. The molecule has 8 heteroatoms. The van der Waals surface area contributed by atoms with Crippen LogP contribution in [-0.4, -0.2) is 46.7 Å². The molecule has 33 heavy (non-hydrogen) atoms. The Bertz CT molecular complexity index is 1380. The molecule has 3 heterocycles. The molecule has 0 unspecified atom stereocenters. The fourth-order valence-corrected chi connectivity index (χ4v) is 5.11. The van der Waals surface area contributed by atoms with Crippen molar-refractivity contribution in [3.8, 4) is 21.9 Å². The minimum atomic E-state index is -0.279. The fourth-order valence-electron chi connectivity index (χ4n) is 3.96. The van der Waals surface area contributed by atoms with Crippen LogP contribution >= 0.6 is 11.3 Å². The van der Waals surface area contributed by atoms with E-state index < -0.39 is 0 Å². The van der Waals surface area contributed by atoms with Crippen molar-refractivity contribution in [3.05, 3.63) is 76.8 Å². The van der Waals surface area contributed by atoms with E-state index in [4.69, 9.17) is 9.47 Å². The van der Waals surface area contributed by atoms with Gasteiger partial charge in [0.2, 0.25) is 5.91 Å². The number of hydrogen-bond acceptors (Lipinski definition) is 6. The number of fused-ring (bicyclic) bond motifs is 2. The maximum absolute atomic E-state index is 13.2. The number of carbonyl (C=O) groups excluding carboxylic acids is 1. The van der Waals surface area contributed by atoms with E-state index in [0.29, 0.717) is 34.9 Å². The van der Waals surface area contributed by atoms with Gasteiger partial charge in [0.05, 0.1) is 18.3 Å². The number of nitrogens with zero attached hydrogens (tertiary/aromatic N) is 3. The molecule has 4 aromatic rings. The van der Waals surface area contributed by atoms with E-state index in [9.17, 15) is 9.59 Å². The van der Waals surface area contributed by atoms with Crippen LogP contribution < -0.4 is 15.0 Å². The van der Waals surface area contributed by atoms with Gasteiger partial charge in [0.25, 0.3) is 5.56 Å². The van der Waals surface area contributed by atoms with Crippen LogP contribution in [0, 0.1) is 6.92 Å². The summed E-state index contributed by atoms with van der Waals surface area (Å²) >= 11 is 1.49. The summed E-state index contributed by atoms with van der Waals surface area (Å²) in [5.41, 5.74) is 1.74. The van der Waals surface area contributed by atoms with Crippen LogP contribution in [0.25, 0.3) is 20.7 Å². The van der Waals surface area contributed by atoms with Crippen molar-refractivity contribution in [2.75, 3.05) is 20.2 Å². The minimum Gasteiger partial charge on any atom is -0.486 e. The lowest BCUT2D eigenvalue weighted by atomic mass is 10.1. The van der Waals surface area contributed by atoms with Crippen LogP contribution in [0.1, 0.15) is 5.56 Å². The van der Waals surface area contributed by atoms with Crippen molar-refractivity contribution in [1.82, 2.24) is 14.5 Å². The summed E-state index contributed by atoms with van der Waals surface area (Å²) in [5.74, 6) is 1.18. The normalized spacial score (nSPS) is 14.9. The Labute approximate surface area is 194 Å². The van der Waals surface area contributed by atoms with Gasteiger partial charge in [-0.15, -0.1) is 11.3 Å². The van der Waals surface area contributed by atoms with Crippen molar-refractivity contribution in [3.63, 3.8) is 0 Å². The second kappa shape index (κ2) is 8.71. The Balaban J connectivity index is 1.32. The number of rotatable bonds is 5. The van der Waals surface area contributed by atoms with E-state index in [-0.39, 0.29) is 24.1 Å². The van der Waals surface area contributed by atoms with Gasteiger partial charge < -0.3 is 14.4 Å². The Kier molecular flexibility index (Phi) is 5.60. The molecule has 1 aliphatic rings. The van der Waals surface area contributed by atoms with Crippen molar-refractivity contribution in [1.29, 1.82) is 0 Å². The number of thiophene rings is 1. The smallest absolute Gasteiger partial charge is 0.262 e. The van der Waals surface area contributed by atoms with Crippen molar-refractivity contribution in [2.45, 2.75) is 19.6 Å². The number of benzene rings is 2. The van der Waals surface area contributed by atoms with Gasteiger partial charge in [0.1, 0.15) is 18.0 Å². The number of ether oxygens (including phenoxy) is 2. The van der Waals surface area contributed by atoms with E-state index in [2.05, 4.69) is 4.98 Å². The molecule has 5 rings (SSSR count). The lowest BCUT2D eigenvalue weighted by molar-refractivity contribution is -0.132. The van der Waals surface area contributed by atoms with Crippen LogP contribution in [0.5, 0.6) is 11.5 Å². The maximum Gasteiger partial charge on any atom is 0.262 e. The summed E-state index contributed by atoms with van der Waals surface area (Å²) in [4.78, 5) is 33.8.